The number of fused-ring (bicyclic) bond motifs is 1. The minimum atomic E-state index is -0.912. The molecular formula is C27H38N4O5. The number of aliphatic hydroxyl groups excluding tert-OH is 1. The molecule has 0 unspecified atom stereocenters. The van der Waals surface area contributed by atoms with Crippen LogP contribution in [0, 0.1) is 5.41 Å². The number of Topliss-reactive ketones (excluding diaryl/α,β-unsaturated/α-hetero) is 1. The van der Waals surface area contributed by atoms with Gasteiger partial charge in [0.05, 0.1) is 6.54 Å². The number of ether oxygens (including phenoxy) is 1. The first-order valence-electron chi connectivity index (χ1n) is 13.2. The van der Waals surface area contributed by atoms with E-state index in [1.807, 2.05) is 32.9 Å². The van der Waals surface area contributed by atoms with Crippen LogP contribution in [0.15, 0.2) is 24.3 Å². The van der Waals surface area contributed by atoms with E-state index in [1.165, 1.54) is 24.2 Å². The molecule has 1 aromatic carbocycles. The second-order valence-electron chi connectivity index (χ2n) is 11.7. The molecule has 4 aliphatic rings. The highest BCUT2D eigenvalue weighted by molar-refractivity contribution is 5.99. The molecule has 3 heterocycles. The van der Waals surface area contributed by atoms with Gasteiger partial charge in [0.1, 0.15) is 30.9 Å². The van der Waals surface area contributed by atoms with Gasteiger partial charge in [-0.2, -0.15) is 0 Å². The van der Waals surface area contributed by atoms with E-state index in [4.69, 9.17) is 4.74 Å². The molecule has 2 N–H and O–H groups in total. The molecule has 0 aromatic heterocycles. The lowest BCUT2D eigenvalue weighted by molar-refractivity contribution is -0.140. The topological polar surface area (TPSA) is 102 Å². The highest BCUT2D eigenvalue weighted by atomic mass is 16.5. The Morgan fingerprint density at radius 1 is 1.08 bits per heavy atom. The summed E-state index contributed by atoms with van der Waals surface area (Å²) in [5.74, 6) is -0.926. The largest absolute Gasteiger partial charge is 0.388 e. The number of hydrogen-bond acceptors (Lipinski definition) is 7. The van der Waals surface area contributed by atoms with Crippen molar-refractivity contribution in [3.05, 3.63) is 29.8 Å². The second-order valence-corrected chi connectivity index (χ2v) is 11.7. The van der Waals surface area contributed by atoms with Crippen LogP contribution < -0.4 is 10.2 Å². The predicted octanol–water partition coefficient (Wildman–Crippen LogP) is 1.05. The SMILES string of the molecule is CC(C)(C)[C@H](NC(=O)c1ccc(N2CCN(C3CCC3)CC2)cc1)C(=O)N1C[C@@H](O)[C@H]2OCC(=O)[C@H]21. The highest BCUT2D eigenvalue weighted by Crippen LogP contribution is 2.31. The van der Waals surface area contributed by atoms with Gasteiger partial charge in [0.25, 0.3) is 5.91 Å². The first kappa shape index (κ1) is 25.2. The fraction of sp³-hybridized carbons (Fsp3) is 0.667. The van der Waals surface area contributed by atoms with Crippen LogP contribution in [0.5, 0.6) is 0 Å². The Labute approximate surface area is 212 Å². The number of nitrogens with one attached hydrogen (secondary N) is 1. The third kappa shape index (κ3) is 4.76. The minimum Gasteiger partial charge on any atom is -0.388 e. The summed E-state index contributed by atoms with van der Waals surface area (Å²) in [6.45, 7) is 9.64. The Balaban J connectivity index is 1.23. The van der Waals surface area contributed by atoms with Crippen molar-refractivity contribution < 1.29 is 24.2 Å². The van der Waals surface area contributed by atoms with Gasteiger partial charge in [0.15, 0.2) is 5.78 Å². The lowest BCUT2D eigenvalue weighted by Gasteiger charge is -2.43. The van der Waals surface area contributed by atoms with Gasteiger partial charge in [-0.05, 0) is 42.5 Å². The van der Waals surface area contributed by atoms with Crippen LogP contribution >= 0.6 is 0 Å². The summed E-state index contributed by atoms with van der Waals surface area (Å²) in [6, 6.07) is 6.66. The number of nitrogens with zero attached hydrogens (tertiary/aromatic N) is 3. The molecule has 0 bridgehead atoms. The molecule has 4 atom stereocenters. The van der Waals surface area contributed by atoms with Crippen LogP contribution in [0.3, 0.4) is 0 Å². The standard InChI is InChI=1S/C27H38N4O5/c1-27(2,3)24(26(35)31-15-20(32)23-22(31)21(33)16-36-23)28-25(34)17-7-9-19(10-8-17)30-13-11-29(12-14-30)18-5-4-6-18/h7-10,18,20,22-24,32H,4-6,11-16H2,1-3H3,(H,28,34)/t20-,22-,23-,24-/m1/s1. The van der Waals surface area contributed by atoms with Crippen LogP contribution in [-0.4, -0.2) is 102 Å². The maximum atomic E-state index is 13.5. The van der Waals surface area contributed by atoms with Crippen molar-refractivity contribution in [2.45, 2.75) is 70.4 Å². The number of aliphatic hydroxyl groups is 1. The first-order chi connectivity index (χ1) is 17.1. The molecule has 1 saturated carbocycles. The minimum absolute atomic E-state index is 0.0189. The molecule has 9 nitrogen and oxygen atoms in total. The van der Waals surface area contributed by atoms with Crippen molar-refractivity contribution in [2.24, 2.45) is 5.41 Å². The number of hydrogen-bond donors (Lipinski definition) is 2. The molecule has 1 aromatic rings. The summed E-state index contributed by atoms with van der Waals surface area (Å²) >= 11 is 0. The average Bonchev–Trinajstić information content (AvgIpc) is 3.36. The molecular weight excluding hydrogens is 460 g/mol. The third-order valence-electron chi connectivity index (χ3n) is 8.23. The van der Waals surface area contributed by atoms with Crippen LogP contribution in [0.1, 0.15) is 50.4 Å². The second kappa shape index (κ2) is 9.76. The number of amides is 2. The van der Waals surface area contributed by atoms with Gasteiger partial charge in [-0.15, -0.1) is 0 Å². The fourth-order valence-corrected chi connectivity index (χ4v) is 5.81. The van der Waals surface area contributed by atoms with E-state index in [-0.39, 0.29) is 30.7 Å². The quantitative estimate of drug-likeness (QED) is 0.626. The molecule has 0 spiro atoms. The summed E-state index contributed by atoms with van der Waals surface area (Å²) < 4.78 is 5.40. The Bertz CT molecular complexity index is 994. The lowest BCUT2D eigenvalue weighted by atomic mass is 9.85. The molecule has 2 amide bonds. The van der Waals surface area contributed by atoms with Crippen molar-refractivity contribution in [1.29, 1.82) is 0 Å². The lowest BCUT2D eigenvalue weighted by Crippen LogP contribution is -2.57. The van der Waals surface area contributed by atoms with Crippen LogP contribution in [-0.2, 0) is 14.3 Å². The van der Waals surface area contributed by atoms with E-state index in [1.54, 1.807) is 12.1 Å². The van der Waals surface area contributed by atoms with Crippen molar-refractivity contribution >= 4 is 23.3 Å². The van der Waals surface area contributed by atoms with Crippen LogP contribution in [0.4, 0.5) is 5.69 Å². The number of carbonyl (C=O) groups excluding carboxylic acids is 3. The van der Waals surface area contributed by atoms with Gasteiger partial charge >= 0.3 is 0 Å². The predicted molar refractivity (Wildman–Crippen MR) is 135 cm³/mol. The molecule has 36 heavy (non-hydrogen) atoms. The normalized spacial score (nSPS) is 28.1. The zero-order valence-corrected chi connectivity index (χ0v) is 21.5. The summed E-state index contributed by atoms with van der Waals surface area (Å²) in [7, 11) is 0. The van der Waals surface area contributed by atoms with Crippen LogP contribution in [0.2, 0.25) is 0 Å². The summed E-state index contributed by atoms with van der Waals surface area (Å²) in [4.78, 5) is 45.4. The number of likely N-dealkylation sites (tertiary alicyclic amines) is 1. The van der Waals surface area contributed by atoms with E-state index in [2.05, 4.69) is 15.1 Å². The Kier molecular flexibility index (Phi) is 6.82. The van der Waals surface area contributed by atoms with E-state index in [0.717, 1.165) is 37.9 Å². The third-order valence-corrected chi connectivity index (χ3v) is 8.23. The molecule has 9 heteroatoms. The zero-order valence-electron chi connectivity index (χ0n) is 21.5. The number of rotatable bonds is 5. The summed E-state index contributed by atoms with van der Waals surface area (Å²) in [5.41, 5.74) is 0.979. The van der Waals surface area contributed by atoms with Gasteiger partial charge in [-0.3, -0.25) is 19.3 Å². The number of carbonyl (C=O) groups is 3. The van der Waals surface area contributed by atoms with Gasteiger partial charge in [0.2, 0.25) is 5.91 Å². The Morgan fingerprint density at radius 3 is 2.33 bits per heavy atom. The van der Waals surface area contributed by atoms with Crippen molar-refractivity contribution in [1.82, 2.24) is 15.1 Å². The van der Waals surface area contributed by atoms with Crippen molar-refractivity contribution in [2.75, 3.05) is 44.2 Å². The van der Waals surface area contributed by atoms with Crippen molar-refractivity contribution in [3.8, 4) is 0 Å². The van der Waals surface area contributed by atoms with Gasteiger partial charge < -0.3 is 25.0 Å². The monoisotopic (exact) mass is 498 g/mol. The average molecular weight is 499 g/mol. The molecule has 4 fully saturated rings. The Morgan fingerprint density at radius 2 is 1.75 bits per heavy atom. The van der Waals surface area contributed by atoms with Crippen molar-refractivity contribution in [3.63, 3.8) is 0 Å². The summed E-state index contributed by atoms with van der Waals surface area (Å²) in [5, 5.41) is 13.2. The van der Waals surface area contributed by atoms with E-state index in [0.29, 0.717) is 5.56 Å². The van der Waals surface area contributed by atoms with Gasteiger partial charge in [0, 0.05) is 43.5 Å². The number of β-amino-alcohol motifs (C(OH)–C–C–N with tert-alkyl or cyclic N) is 1. The first-order valence-corrected chi connectivity index (χ1v) is 13.2. The maximum Gasteiger partial charge on any atom is 0.251 e. The van der Waals surface area contributed by atoms with Gasteiger partial charge in [-0.1, -0.05) is 27.2 Å². The molecule has 3 aliphatic heterocycles. The number of ketones is 1. The number of anilines is 1. The maximum absolute atomic E-state index is 13.5. The molecule has 0 radical (unpaired) electrons. The van der Waals surface area contributed by atoms with Gasteiger partial charge in [-0.25, -0.2) is 0 Å². The van der Waals surface area contributed by atoms with E-state index in [9.17, 15) is 19.5 Å². The zero-order chi connectivity index (χ0) is 25.6. The molecule has 5 rings (SSSR count). The van der Waals surface area contributed by atoms with Crippen LogP contribution in [0.25, 0.3) is 0 Å². The smallest absolute Gasteiger partial charge is 0.251 e. The highest BCUT2D eigenvalue weighted by Gasteiger charge is 2.53. The number of benzene rings is 1. The fourth-order valence-electron chi connectivity index (χ4n) is 5.81. The number of piperazine rings is 1. The Hall–Kier alpha value is -2.49. The van der Waals surface area contributed by atoms with E-state index < -0.39 is 29.7 Å². The summed E-state index contributed by atoms with van der Waals surface area (Å²) in [6.07, 6.45) is 2.39. The molecule has 1 aliphatic carbocycles. The van der Waals surface area contributed by atoms with E-state index >= 15 is 0 Å². The molecule has 3 saturated heterocycles. The molecule has 196 valence electrons.